The molecule has 0 aliphatic rings. The van der Waals surface area contributed by atoms with Crippen molar-refractivity contribution in [2.75, 3.05) is 0 Å². The van der Waals surface area contributed by atoms with Crippen molar-refractivity contribution in [2.24, 2.45) is 5.73 Å². The van der Waals surface area contributed by atoms with Crippen LogP contribution in [0.3, 0.4) is 0 Å². The number of nitrogens with two attached hydrogens (primary N) is 1. The third kappa shape index (κ3) is 2.39. The van der Waals surface area contributed by atoms with E-state index in [9.17, 15) is 18.3 Å². The van der Waals surface area contributed by atoms with E-state index in [0.29, 0.717) is 22.3 Å². The second-order valence-electron chi connectivity index (χ2n) is 4.81. The lowest BCUT2D eigenvalue weighted by Crippen LogP contribution is -2.05. The van der Waals surface area contributed by atoms with E-state index in [1.165, 1.54) is 28.9 Å². The molecule has 3 aromatic rings. The molecule has 0 saturated carbocycles. The zero-order chi connectivity index (χ0) is 15.9. The van der Waals surface area contributed by atoms with Gasteiger partial charge < -0.3 is 10.8 Å². The summed E-state index contributed by atoms with van der Waals surface area (Å²) >= 11 is 0. The number of phenols is 1. The first-order chi connectivity index (χ1) is 10.4. The van der Waals surface area contributed by atoms with Gasteiger partial charge in [0.05, 0.1) is 22.5 Å². The lowest BCUT2D eigenvalue weighted by Gasteiger charge is -2.08. The quantitative estimate of drug-likeness (QED) is 0.764. The predicted octanol–water partition coefficient (Wildman–Crippen LogP) is 3.21. The fourth-order valence-electron chi connectivity index (χ4n) is 2.31. The fourth-order valence-corrected chi connectivity index (χ4v) is 2.31. The van der Waals surface area contributed by atoms with E-state index < -0.39 is 11.7 Å². The smallest absolute Gasteiger partial charge is 0.416 e. The molecule has 0 bridgehead atoms. The molecule has 2 aromatic carbocycles. The summed E-state index contributed by atoms with van der Waals surface area (Å²) in [6, 6.07) is 9.38. The molecule has 3 N–H and O–H groups in total. The molecule has 0 spiro atoms. The highest BCUT2D eigenvalue weighted by Gasteiger charge is 2.30. The van der Waals surface area contributed by atoms with Crippen molar-refractivity contribution in [3.8, 4) is 11.4 Å². The Kier molecular flexibility index (Phi) is 3.29. The van der Waals surface area contributed by atoms with Gasteiger partial charge in [0.1, 0.15) is 5.75 Å². The van der Waals surface area contributed by atoms with E-state index in [-0.39, 0.29) is 12.3 Å². The molecule has 1 aromatic heterocycles. The van der Waals surface area contributed by atoms with Crippen LogP contribution in [-0.2, 0) is 12.7 Å². The molecule has 0 saturated heterocycles. The van der Waals surface area contributed by atoms with Gasteiger partial charge in [-0.1, -0.05) is 0 Å². The molecular weight excluding hydrogens is 295 g/mol. The number of hydrogen-bond acceptors (Lipinski definition) is 3. The maximum Gasteiger partial charge on any atom is 0.416 e. The standard InChI is InChI=1S/C15H12F3N3O/c16-15(17,18)9-1-3-10(4-2-9)21-14-6-5-11(22)7-12(14)13(8-19)20-21/h1-7,22H,8,19H2. The summed E-state index contributed by atoms with van der Waals surface area (Å²) in [6.07, 6.45) is -4.38. The van der Waals surface area contributed by atoms with Crippen LogP contribution in [-0.4, -0.2) is 14.9 Å². The average Bonchev–Trinajstić information content (AvgIpc) is 2.84. The van der Waals surface area contributed by atoms with Gasteiger partial charge in [-0.25, -0.2) is 4.68 Å². The van der Waals surface area contributed by atoms with Crippen LogP contribution in [0.4, 0.5) is 13.2 Å². The van der Waals surface area contributed by atoms with Gasteiger partial charge in [0.25, 0.3) is 0 Å². The molecule has 0 radical (unpaired) electrons. The van der Waals surface area contributed by atoms with Crippen molar-refractivity contribution in [3.63, 3.8) is 0 Å². The summed E-state index contributed by atoms with van der Waals surface area (Å²) < 4.78 is 39.3. The Bertz CT molecular complexity index is 822. The summed E-state index contributed by atoms with van der Waals surface area (Å²) in [5, 5.41) is 14.5. The van der Waals surface area contributed by atoms with Gasteiger partial charge in [-0.2, -0.15) is 18.3 Å². The molecule has 0 amide bonds. The molecule has 114 valence electrons. The van der Waals surface area contributed by atoms with Gasteiger partial charge in [-0.15, -0.1) is 0 Å². The largest absolute Gasteiger partial charge is 0.508 e. The number of phenolic OH excluding ortho intramolecular Hbond substituents is 1. The third-order valence-corrected chi connectivity index (χ3v) is 3.37. The Balaban J connectivity index is 2.14. The Morgan fingerprint density at radius 3 is 2.36 bits per heavy atom. The SMILES string of the molecule is NCc1nn(-c2ccc(C(F)(F)F)cc2)c2ccc(O)cc12. The summed E-state index contributed by atoms with van der Waals surface area (Å²) in [5.74, 6) is 0.0779. The summed E-state index contributed by atoms with van der Waals surface area (Å²) in [5.41, 5.74) is 6.63. The maximum atomic E-state index is 12.6. The molecule has 0 fully saturated rings. The normalized spacial score (nSPS) is 12.0. The number of alkyl halides is 3. The molecule has 0 atom stereocenters. The predicted molar refractivity (Wildman–Crippen MR) is 75.6 cm³/mol. The molecule has 7 heteroatoms. The Hall–Kier alpha value is -2.54. The van der Waals surface area contributed by atoms with Crippen LogP contribution >= 0.6 is 0 Å². The van der Waals surface area contributed by atoms with Crippen LogP contribution in [0.5, 0.6) is 5.75 Å². The first-order valence-electron chi connectivity index (χ1n) is 6.48. The maximum absolute atomic E-state index is 12.6. The van der Waals surface area contributed by atoms with Gasteiger partial charge in [0, 0.05) is 11.9 Å². The van der Waals surface area contributed by atoms with Crippen LogP contribution < -0.4 is 5.73 Å². The molecule has 1 heterocycles. The molecule has 3 rings (SSSR count). The summed E-state index contributed by atoms with van der Waals surface area (Å²) in [7, 11) is 0. The van der Waals surface area contributed by atoms with Gasteiger partial charge in [0.15, 0.2) is 0 Å². The zero-order valence-corrected chi connectivity index (χ0v) is 11.3. The number of aromatic hydroxyl groups is 1. The van der Waals surface area contributed by atoms with Crippen molar-refractivity contribution in [1.29, 1.82) is 0 Å². The van der Waals surface area contributed by atoms with Crippen LogP contribution in [0, 0.1) is 0 Å². The lowest BCUT2D eigenvalue weighted by molar-refractivity contribution is -0.137. The first-order valence-corrected chi connectivity index (χ1v) is 6.48. The van der Waals surface area contributed by atoms with Crippen molar-refractivity contribution in [2.45, 2.75) is 12.7 Å². The molecule has 0 unspecified atom stereocenters. The fraction of sp³-hybridized carbons (Fsp3) is 0.133. The Labute approximate surface area is 123 Å². The van der Waals surface area contributed by atoms with E-state index in [1.807, 2.05) is 0 Å². The summed E-state index contributed by atoms with van der Waals surface area (Å²) in [6.45, 7) is 0.160. The minimum Gasteiger partial charge on any atom is -0.508 e. The van der Waals surface area contributed by atoms with Crippen LogP contribution in [0.2, 0.25) is 0 Å². The van der Waals surface area contributed by atoms with E-state index >= 15 is 0 Å². The molecule has 0 aliphatic carbocycles. The van der Waals surface area contributed by atoms with Crippen LogP contribution in [0.1, 0.15) is 11.3 Å². The lowest BCUT2D eigenvalue weighted by atomic mass is 10.2. The second kappa shape index (κ2) is 5.03. The van der Waals surface area contributed by atoms with Gasteiger partial charge in [-0.3, -0.25) is 0 Å². The molecule has 0 aliphatic heterocycles. The topological polar surface area (TPSA) is 64.1 Å². The van der Waals surface area contributed by atoms with Gasteiger partial charge >= 0.3 is 6.18 Å². The van der Waals surface area contributed by atoms with Crippen molar-refractivity contribution in [3.05, 3.63) is 53.7 Å². The van der Waals surface area contributed by atoms with E-state index in [4.69, 9.17) is 5.73 Å². The third-order valence-electron chi connectivity index (χ3n) is 3.37. The molecular formula is C15H12F3N3O. The number of aromatic nitrogens is 2. The number of fused-ring (bicyclic) bond motifs is 1. The van der Waals surface area contributed by atoms with Crippen molar-refractivity contribution in [1.82, 2.24) is 9.78 Å². The highest BCUT2D eigenvalue weighted by Crippen LogP contribution is 2.31. The number of halogens is 3. The van der Waals surface area contributed by atoms with Gasteiger partial charge in [0.2, 0.25) is 0 Å². The highest BCUT2D eigenvalue weighted by molar-refractivity contribution is 5.84. The average molecular weight is 307 g/mol. The minimum atomic E-state index is -4.38. The highest BCUT2D eigenvalue weighted by atomic mass is 19.4. The van der Waals surface area contributed by atoms with E-state index in [1.54, 1.807) is 6.07 Å². The van der Waals surface area contributed by atoms with Crippen LogP contribution in [0.15, 0.2) is 42.5 Å². The van der Waals surface area contributed by atoms with E-state index in [0.717, 1.165) is 12.1 Å². The molecule has 22 heavy (non-hydrogen) atoms. The Morgan fingerprint density at radius 2 is 1.77 bits per heavy atom. The number of rotatable bonds is 2. The number of nitrogens with zero attached hydrogens (tertiary/aromatic N) is 2. The second-order valence-corrected chi connectivity index (χ2v) is 4.81. The number of hydrogen-bond donors (Lipinski definition) is 2. The zero-order valence-electron chi connectivity index (χ0n) is 11.3. The molecule has 4 nitrogen and oxygen atoms in total. The monoisotopic (exact) mass is 307 g/mol. The summed E-state index contributed by atoms with van der Waals surface area (Å²) in [4.78, 5) is 0. The van der Waals surface area contributed by atoms with Crippen LogP contribution in [0.25, 0.3) is 16.6 Å². The van der Waals surface area contributed by atoms with Gasteiger partial charge in [-0.05, 0) is 42.5 Å². The van der Waals surface area contributed by atoms with Crippen molar-refractivity contribution >= 4 is 10.9 Å². The first kappa shape index (κ1) is 14.4. The minimum absolute atomic E-state index is 0.0779. The Morgan fingerprint density at radius 1 is 1.09 bits per heavy atom. The van der Waals surface area contributed by atoms with Crippen molar-refractivity contribution < 1.29 is 18.3 Å². The van der Waals surface area contributed by atoms with E-state index in [2.05, 4.69) is 5.10 Å². The number of benzene rings is 2.